The van der Waals surface area contributed by atoms with Gasteiger partial charge in [0.05, 0.1) is 6.20 Å². The second kappa shape index (κ2) is 5.98. The van der Waals surface area contributed by atoms with Gasteiger partial charge >= 0.3 is 0 Å². The van der Waals surface area contributed by atoms with Gasteiger partial charge in [0.2, 0.25) is 0 Å². The molecule has 1 atom stereocenters. The molecule has 0 amide bonds. The van der Waals surface area contributed by atoms with Crippen molar-refractivity contribution in [3.05, 3.63) is 52.8 Å². The summed E-state index contributed by atoms with van der Waals surface area (Å²) in [6.07, 6.45) is 3.42. The van der Waals surface area contributed by atoms with Gasteiger partial charge in [-0.15, -0.1) is 0 Å². The van der Waals surface area contributed by atoms with E-state index >= 15 is 0 Å². The number of hydrogen-bond donors (Lipinski definition) is 1. The minimum Gasteiger partial charge on any atom is -0.456 e. The van der Waals surface area contributed by atoms with Gasteiger partial charge in [0.25, 0.3) is 0 Å². The Morgan fingerprint density at radius 2 is 1.89 bits per heavy atom. The van der Waals surface area contributed by atoms with Crippen LogP contribution in [-0.4, -0.2) is 12.0 Å². The molecule has 0 radical (unpaired) electrons. The molecule has 0 saturated carbocycles. The first-order valence-corrected chi connectivity index (χ1v) is 6.54. The lowest BCUT2D eigenvalue weighted by Gasteiger charge is -2.11. The van der Waals surface area contributed by atoms with E-state index in [1.807, 2.05) is 25.2 Å². The summed E-state index contributed by atoms with van der Waals surface area (Å²) in [5, 5.41) is 3.20. The number of nitrogens with zero attached hydrogens (tertiary/aromatic N) is 1. The molecule has 1 N–H and O–H groups in total. The maximum Gasteiger partial charge on any atom is 0.146 e. The van der Waals surface area contributed by atoms with Gasteiger partial charge in [-0.1, -0.05) is 12.1 Å². The van der Waals surface area contributed by atoms with Gasteiger partial charge < -0.3 is 10.1 Å². The summed E-state index contributed by atoms with van der Waals surface area (Å²) in [7, 11) is 1.95. The normalized spacial score (nSPS) is 12.2. The zero-order valence-corrected chi connectivity index (χ0v) is 11.9. The van der Waals surface area contributed by atoms with Crippen molar-refractivity contribution in [1.29, 1.82) is 0 Å². The van der Waals surface area contributed by atoms with Crippen molar-refractivity contribution in [3.63, 3.8) is 0 Å². The quantitative estimate of drug-likeness (QED) is 0.929. The van der Waals surface area contributed by atoms with Crippen LogP contribution in [0.2, 0.25) is 0 Å². The smallest absolute Gasteiger partial charge is 0.146 e. The topological polar surface area (TPSA) is 34.1 Å². The molecule has 1 aromatic carbocycles. The Balaban J connectivity index is 2.11. The summed E-state index contributed by atoms with van der Waals surface area (Å²) in [6.45, 7) is 2.12. The lowest BCUT2D eigenvalue weighted by Crippen LogP contribution is -2.11. The first kappa shape index (κ1) is 13.1. The summed E-state index contributed by atoms with van der Waals surface area (Å²) in [4.78, 5) is 4.06. The average Bonchev–Trinajstić information content (AvgIpc) is 2.39. The van der Waals surface area contributed by atoms with Crippen LogP contribution in [0, 0.1) is 0 Å². The fraction of sp³-hybridized carbons (Fsp3) is 0.214. The van der Waals surface area contributed by atoms with Gasteiger partial charge in [-0.05, 0) is 53.7 Å². The van der Waals surface area contributed by atoms with Crippen molar-refractivity contribution >= 4 is 15.9 Å². The van der Waals surface area contributed by atoms with Crippen LogP contribution in [0.1, 0.15) is 18.5 Å². The maximum absolute atomic E-state index is 5.71. The summed E-state index contributed by atoms with van der Waals surface area (Å²) < 4.78 is 6.62. The number of ether oxygens (including phenoxy) is 1. The molecule has 0 fully saturated rings. The molecular formula is C14H15BrN2O. The van der Waals surface area contributed by atoms with Crippen molar-refractivity contribution in [2.45, 2.75) is 13.0 Å². The first-order valence-electron chi connectivity index (χ1n) is 5.74. The monoisotopic (exact) mass is 306 g/mol. The molecule has 1 unspecified atom stereocenters. The summed E-state index contributed by atoms with van der Waals surface area (Å²) in [6, 6.07) is 10.3. The fourth-order valence-corrected chi connectivity index (χ4v) is 1.92. The summed E-state index contributed by atoms with van der Waals surface area (Å²) >= 11 is 3.36. The predicted molar refractivity (Wildman–Crippen MR) is 75.9 cm³/mol. The largest absolute Gasteiger partial charge is 0.456 e. The fourth-order valence-electron chi connectivity index (χ4n) is 1.58. The second-order valence-corrected chi connectivity index (χ2v) is 4.94. The van der Waals surface area contributed by atoms with Gasteiger partial charge in [-0.2, -0.15) is 0 Å². The molecule has 0 bridgehead atoms. The van der Waals surface area contributed by atoms with E-state index in [0.29, 0.717) is 6.04 Å². The van der Waals surface area contributed by atoms with E-state index in [-0.39, 0.29) is 0 Å². The highest BCUT2D eigenvalue weighted by Crippen LogP contribution is 2.24. The van der Waals surface area contributed by atoms with Crippen LogP contribution in [0.4, 0.5) is 0 Å². The Morgan fingerprint density at radius 1 is 1.17 bits per heavy atom. The Hall–Kier alpha value is -1.39. The molecule has 18 heavy (non-hydrogen) atoms. The average molecular weight is 307 g/mol. The van der Waals surface area contributed by atoms with E-state index < -0.39 is 0 Å². The van der Waals surface area contributed by atoms with Gasteiger partial charge in [0.15, 0.2) is 0 Å². The third-order valence-corrected chi connectivity index (χ3v) is 3.16. The number of pyridine rings is 1. The zero-order chi connectivity index (χ0) is 13.0. The molecule has 94 valence electrons. The predicted octanol–water partition coefficient (Wildman–Crippen LogP) is 3.92. The zero-order valence-electron chi connectivity index (χ0n) is 10.4. The Morgan fingerprint density at radius 3 is 2.50 bits per heavy atom. The molecule has 0 spiro atoms. The van der Waals surface area contributed by atoms with Crippen LogP contribution in [0.15, 0.2) is 47.2 Å². The molecule has 1 aromatic heterocycles. The van der Waals surface area contributed by atoms with Crippen molar-refractivity contribution in [1.82, 2.24) is 10.3 Å². The van der Waals surface area contributed by atoms with Crippen LogP contribution in [-0.2, 0) is 0 Å². The van der Waals surface area contributed by atoms with Gasteiger partial charge in [0, 0.05) is 16.7 Å². The minimum absolute atomic E-state index is 0.339. The van der Waals surface area contributed by atoms with Gasteiger partial charge in [-0.3, -0.25) is 4.98 Å². The van der Waals surface area contributed by atoms with Crippen LogP contribution in [0.3, 0.4) is 0 Å². The number of nitrogens with one attached hydrogen (secondary N) is 1. The van der Waals surface area contributed by atoms with Crippen molar-refractivity contribution in [2.75, 3.05) is 7.05 Å². The van der Waals surface area contributed by atoms with Crippen LogP contribution >= 0.6 is 15.9 Å². The van der Waals surface area contributed by atoms with Crippen molar-refractivity contribution in [3.8, 4) is 11.5 Å². The Kier molecular flexibility index (Phi) is 4.33. The van der Waals surface area contributed by atoms with Crippen LogP contribution in [0.5, 0.6) is 11.5 Å². The second-order valence-electron chi connectivity index (χ2n) is 4.02. The van der Waals surface area contributed by atoms with E-state index in [0.717, 1.165) is 16.0 Å². The van der Waals surface area contributed by atoms with Gasteiger partial charge in [-0.25, -0.2) is 0 Å². The van der Waals surface area contributed by atoms with E-state index in [4.69, 9.17) is 4.74 Å². The molecule has 3 nitrogen and oxygen atoms in total. The molecule has 1 heterocycles. The van der Waals surface area contributed by atoms with E-state index in [1.54, 1.807) is 12.4 Å². The van der Waals surface area contributed by atoms with E-state index in [9.17, 15) is 0 Å². The number of aromatic nitrogens is 1. The van der Waals surface area contributed by atoms with Gasteiger partial charge in [0.1, 0.15) is 11.5 Å². The van der Waals surface area contributed by atoms with Crippen molar-refractivity contribution in [2.24, 2.45) is 0 Å². The number of benzene rings is 1. The minimum atomic E-state index is 0.339. The Bertz CT molecular complexity index is 513. The van der Waals surface area contributed by atoms with Crippen LogP contribution in [0.25, 0.3) is 0 Å². The third kappa shape index (κ3) is 3.31. The molecule has 0 aliphatic rings. The summed E-state index contributed by atoms with van der Waals surface area (Å²) in [5.41, 5.74) is 1.23. The van der Waals surface area contributed by atoms with Crippen molar-refractivity contribution < 1.29 is 4.74 Å². The molecule has 2 aromatic rings. The number of halogens is 1. The highest BCUT2D eigenvalue weighted by Gasteiger charge is 2.03. The maximum atomic E-state index is 5.71. The Labute approximate surface area is 115 Å². The molecule has 0 saturated heterocycles. The lowest BCUT2D eigenvalue weighted by molar-refractivity contribution is 0.479. The molecule has 4 heteroatoms. The molecular weight excluding hydrogens is 292 g/mol. The standard InChI is InChI=1S/C14H15BrN2O/c1-10(16-2)11-3-5-13(6-4-11)18-14-7-12(15)8-17-9-14/h3-10,16H,1-2H3. The number of rotatable bonds is 4. The third-order valence-electron chi connectivity index (χ3n) is 2.73. The summed E-state index contributed by atoms with van der Waals surface area (Å²) in [5.74, 6) is 1.53. The highest BCUT2D eigenvalue weighted by atomic mass is 79.9. The SMILES string of the molecule is CNC(C)c1ccc(Oc2cncc(Br)c2)cc1. The van der Waals surface area contributed by atoms with E-state index in [2.05, 4.69) is 45.3 Å². The van der Waals surface area contributed by atoms with Crippen LogP contribution < -0.4 is 10.1 Å². The highest BCUT2D eigenvalue weighted by molar-refractivity contribution is 9.10. The van der Waals surface area contributed by atoms with E-state index in [1.165, 1.54) is 5.56 Å². The molecule has 0 aliphatic heterocycles. The first-order chi connectivity index (χ1) is 8.69. The molecule has 2 rings (SSSR count). The molecule has 0 aliphatic carbocycles. The lowest BCUT2D eigenvalue weighted by atomic mass is 10.1. The number of hydrogen-bond acceptors (Lipinski definition) is 3.